The Morgan fingerprint density at radius 2 is 1.92 bits per heavy atom. The van der Waals surface area contributed by atoms with E-state index >= 15 is 0 Å². The van der Waals surface area contributed by atoms with E-state index in [1.54, 1.807) is 24.4 Å². The van der Waals surface area contributed by atoms with Crippen molar-refractivity contribution in [3.8, 4) is 15.7 Å². The number of thiazole rings is 1. The van der Waals surface area contributed by atoms with Gasteiger partial charge in [-0.15, -0.1) is 22.7 Å². The van der Waals surface area contributed by atoms with Crippen molar-refractivity contribution >= 4 is 32.9 Å². The predicted octanol–water partition coefficient (Wildman–Crippen LogP) is 5.68. The van der Waals surface area contributed by atoms with Gasteiger partial charge in [0.05, 0.1) is 10.2 Å². The topological polar surface area (TPSA) is 30.7 Å². The summed E-state index contributed by atoms with van der Waals surface area (Å²) in [6.07, 6.45) is -4.55. The third-order valence-corrected chi connectivity index (χ3v) is 5.57. The summed E-state index contributed by atoms with van der Waals surface area (Å²) >= 11 is 2.36. The predicted molar refractivity (Wildman–Crippen MR) is 89.8 cm³/mol. The molecule has 0 aliphatic heterocycles. The summed E-state index contributed by atoms with van der Waals surface area (Å²) in [5.74, 6) is -0.445. The average molecular weight is 383 g/mol. The van der Waals surface area contributed by atoms with E-state index in [9.17, 15) is 17.6 Å². The SMILES string of the molecule is Cc1csc(-n2nc(-c3nc4cc(F)ccc4s3)cc2C(F)(F)F)c1. The molecule has 0 saturated heterocycles. The maximum Gasteiger partial charge on any atom is 0.433 e. The average Bonchev–Trinajstić information content (AvgIpc) is 3.21. The molecule has 1 aromatic carbocycles. The maximum absolute atomic E-state index is 13.4. The molecule has 0 fully saturated rings. The minimum Gasteiger partial charge on any atom is -0.234 e. The third-order valence-electron chi connectivity index (χ3n) is 3.49. The second-order valence-corrected chi connectivity index (χ2v) is 7.34. The normalized spacial score (nSPS) is 12.2. The van der Waals surface area contributed by atoms with Crippen molar-refractivity contribution < 1.29 is 17.6 Å². The lowest BCUT2D eigenvalue weighted by Gasteiger charge is -2.07. The Labute approximate surface area is 147 Å². The Kier molecular flexibility index (Phi) is 3.66. The summed E-state index contributed by atoms with van der Waals surface area (Å²) in [6, 6.07) is 6.71. The molecule has 3 heterocycles. The molecule has 0 saturated carbocycles. The Bertz CT molecular complexity index is 1070. The first kappa shape index (κ1) is 16.2. The fourth-order valence-corrected chi connectivity index (χ4v) is 4.16. The first-order valence-electron chi connectivity index (χ1n) is 7.10. The summed E-state index contributed by atoms with van der Waals surface area (Å²) in [4.78, 5) is 4.22. The Morgan fingerprint density at radius 3 is 2.60 bits per heavy atom. The zero-order chi connectivity index (χ0) is 17.8. The van der Waals surface area contributed by atoms with Gasteiger partial charge in [0, 0.05) is 6.07 Å². The number of aryl methyl sites for hydroxylation is 1. The van der Waals surface area contributed by atoms with E-state index in [2.05, 4.69) is 10.1 Å². The molecule has 0 aliphatic carbocycles. The lowest BCUT2D eigenvalue weighted by atomic mass is 10.3. The Balaban J connectivity index is 1.88. The van der Waals surface area contributed by atoms with E-state index in [1.807, 2.05) is 0 Å². The summed E-state index contributed by atoms with van der Waals surface area (Å²) in [7, 11) is 0. The first-order valence-corrected chi connectivity index (χ1v) is 8.80. The molecule has 0 N–H and O–H groups in total. The lowest BCUT2D eigenvalue weighted by Crippen LogP contribution is -2.12. The van der Waals surface area contributed by atoms with Crippen molar-refractivity contribution in [2.75, 3.05) is 0 Å². The van der Waals surface area contributed by atoms with Crippen LogP contribution in [0.5, 0.6) is 0 Å². The number of nitrogens with zero attached hydrogens (tertiary/aromatic N) is 3. The number of benzene rings is 1. The van der Waals surface area contributed by atoms with Crippen LogP contribution in [0.1, 0.15) is 11.3 Å². The minimum atomic E-state index is -4.55. The van der Waals surface area contributed by atoms with Gasteiger partial charge in [0.2, 0.25) is 0 Å². The molecular formula is C16H9F4N3S2. The van der Waals surface area contributed by atoms with Crippen molar-refractivity contribution in [3.63, 3.8) is 0 Å². The number of hydrogen-bond acceptors (Lipinski definition) is 4. The first-order chi connectivity index (χ1) is 11.8. The van der Waals surface area contributed by atoms with Gasteiger partial charge in [0.15, 0.2) is 0 Å². The number of halogens is 4. The number of hydrogen-bond donors (Lipinski definition) is 0. The van der Waals surface area contributed by atoms with Crippen LogP contribution in [0.3, 0.4) is 0 Å². The zero-order valence-electron chi connectivity index (χ0n) is 12.6. The van der Waals surface area contributed by atoms with Gasteiger partial charge in [-0.25, -0.2) is 14.1 Å². The molecule has 4 rings (SSSR count). The van der Waals surface area contributed by atoms with E-state index in [1.165, 1.54) is 34.8 Å². The molecule has 0 unspecified atom stereocenters. The quantitative estimate of drug-likeness (QED) is 0.417. The fraction of sp³-hybridized carbons (Fsp3) is 0.125. The number of thiophene rings is 1. The summed E-state index contributed by atoms with van der Waals surface area (Å²) in [5.41, 5.74) is 0.505. The Hall–Kier alpha value is -2.26. The summed E-state index contributed by atoms with van der Waals surface area (Å²) in [6.45, 7) is 1.81. The van der Waals surface area contributed by atoms with E-state index in [0.29, 0.717) is 20.2 Å². The van der Waals surface area contributed by atoms with Gasteiger partial charge in [0.25, 0.3) is 0 Å². The van der Waals surface area contributed by atoms with Crippen molar-refractivity contribution in [2.24, 2.45) is 0 Å². The van der Waals surface area contributed by atoms with Gasteiger partial charge >= 0.3 is 6.18 Å². The monoisotopic (exact) mass is 383 g/mol. The van der Waals surface area contributed by atoms with Crippen LogP contribution < -0.4 is 0 Å². The van der Waals surface area contributed by atoms with Gasteiger partial charge in [-0.3, -0.25) is 0 Å². The molecule has 3 nitrogen and oxygen atoms in total. The second-order valence-electron chi connectivity index (χ2n) is 5.42. The highest BCUT2D eigenvalue weighted by molar-refractivity contribution is 7.21. The van der Waals surface area contributed by atoms with Crippen molar-refractivity contribution in [1.29, 1.82) is 0 Å². The standard InChI is InChI=1S/C16H9F4N3S2/c1-8-4-14(24-7-8)23-13(16(18,19)20)6-11(22-23)15-21-10-5-9(17)2-3-12(10)25-15/h2-7H,1H3. The van der Waals surface area contributed by atoms with E-state index in [4.69, 9.17) is 0 Å². The molecule has 3 aromatic heterocycles. The number of rotatable bonds is 2. The highest BCUT2D eigenvalue weighted by Gasteiger charge is 2.37. The lowest BCUT2D eigenvalue weighted by molar-refractivity contribution is -0.142. The molecule has 0 atom stereocenters. The van der Waals surface area contributed by atoms with Crippen LogP contribution in [0.15, 0.2) is 35.7 Å². The number of fused-ring (bicyclic) bond motifs is 1. The highest BCUT2D eigenvalue weighted by atomic mass is 32.1. The second kappa shape index (κ2) is 5.63. The van der Waals surface area contributed by atoms with E-state index < -0.39 is 17.7 Å². The molecule has 0 bridgehead atoms. The van der Waals surface area contributed by atoms with Gasteiger partial charge in [-0.1, -0.05) is 0 Å². The van der Waals surface area contributed by atoms with Crippen molar-refractivity contribution in [2.45, 2.75) is 13.1 Å². The van der Waals surface area contributed by atoms with Gasteiger partial charge in [0.1, 0.15) is 27.2 Å². The van der Waals surface area contributed by atoms with Crippen LogP contribution in [0.25, 0.3) is 25.9 Å². The van der Waals surface area contributed by atoms with E-state index in [-0.39, 0.29) is 5.69 Å². The molecule has 25 heavy (non-hydrogen) atoms. The molecule has 0 amide bonds. The zero-order valence-corrected chi connectivity index (χ0v) is 14.3. The van der Waals surface area contributed by atoms with Crippen LogP contribution in [-0.2, 0) is 6.18 Å². The molecule has 0 aliphatic rings. The van der Waals surface area contributed by atoms with Crippen LogP contribution in [0.2, 0.25) is 0 Å². The van der Waals surface area contributed by atoms with Gasteiger partial charge in [-0.05, 0) is 42.1 Å². The molecular weight excluding hydrogens is 374 g/mol. The summed E-state index contributed by atoms with van der Waals surface area (Å²) < 4.78 is 55.1. The van der Waals surface area contributed by atoms with Crippen molar-refractivity contribution in [1.82, 2.24) is 14.8 Å². The third kappa shape index (κ3) is 2.93. The van der Waals surface area contributed by atoms with Crippen LogP contribution in [0, 0.1) is 12.7 Å². The molecule has 4 aromatic rings. The molecule has 0 radical (unpaired) electrons. The largest absolute Gasteiger partial charge is 0.433 e. The molecule has 128 valence electrons. The smallest absolute Gasteiger partial charge is 0.234 e. The molecule has 0 spiro atoms. The van der Waals surface area contributed by atoms with Gasteiger partial charge in [-0.2, -0.15) is 18.3 Å². The van der Waals surface area contributed by atoms with Crippen LogP contribution in [0.4, 0.5) is 17.6 Å². The number of aromatic nitrogens is 3. The van der Waals surface area contributed by atoms with Gasteiger partial charge < -0.3 is 0 Å². The minimum absolute atomic E-state index is 0.111. The van der Waals surface area contributed by atoms with E-state index in [0.717, 1.165) is 16.3 Å². The molecule has 9 heteroatoms. The van der Waals surface area contributed by atoms with Crippen molar-refractivity contribution in [3.05, 3.63) is 52.8 Å². The maximum atomic E-state index is 13.4. The summed E-state index contributed by atoms with van der Waals surface area (Å²) in [5, 5.41) is 6.57. The van der Waals surface area contributed by atoms with Crippen LogP contribution in [-0.4, -0.2) is 14.8 Å². The highest BCUT2D eigenvalue weighted by Crippen LogP contribution is 2.37. The number of alkyl halides is 3. The fourth-order valence-electron chi connectivity index (χ4n) is 2.39. The van der Waals surface area contributed by atoms with Crippen LogP contribution >= 0.6 is 22.7 Å². The Morgan fingerprint density at radius 1 is 1.12 bits per heavy atom.